The molecule has 3 nitrogen and oxygen atoms in total. The lowest BCUT2D eigenvalue weighted by Crippen LogP contribution is -2.14. The van der Waals surface area contributed by atoms with Crippen LogP contribution in [0, 0.1) is 13.8 Å². The highest BCUT2D eigenvalue weighted by molar-refractivity contribution is 6.05. The molecular weight excluding hydrogens is 801 g/mol. The minimum absolute atomic E-state index is 0.0636. The topological polar surface area (TPSA) is 51.5 Å². The first kappa shape index (κ1) is 47.0. The van der Waals surface area contributed by atoms with E-state index >= 15 is 0 Å². The maximum Gasteiger partial charge on any atom is 0.135 e. The summed E-state index contributed by atoms with van der Waals surface area (Å²) in [6, 6.07) is 64.3. The van der Waals surface area contributed by atoms with Crippen LogP contribution in [0.5, 0.6) is 0 Å². The SMILES string of the molecule is CC.CCCc1ccccc1-c1c(C)ccc2c1-c1ccccc1C2(C)C.CCc1ccc2c(c1)oc1ccccc12.Cc1ccc(CCN=C(N)c2ccc(-c3ccccc3)cc2)cc1. The molecule has 0 saturated carbocycles. The second-order valence-corrected chi connectivity index (χ2v) is 17.5. The molecule has 1 aromatic heterocycles. The highest BCUT2D eigenvalue weighted by Gasteiger charge is 2.37. The van der Waals surface area contributed by atoms with Crippen LogP contribution in [0.15, 0.2) is 191 Å². The lowest BCUT2D eigenvalue weighted by Gasteiger charge is -2.22. The second-order valence-electron chi connectivity index (χ2n) is 17.5. The number of fused-ring (bicyclic) bond motifs is 6. The van der Waals surface area contributed by atoms with Crippen molar-refractivity contribution < 1.29 is 4.42 Å². The van der Waals surface area contributed by atoms with Crippen LogP contribution < -0.4 is 5.73 Å². The Balaban J connectivity index is 0.000000149. The Labute approximate surface area is 394 Å². The molecule has 0 saturated heterocycles. The maximum absolute atomic E-state index is 6.12. The first-order valence-corrected chi connectivity index (χ1v) is 23.9. The molecule has 0 spiro atoms. The van der Waals surface area contributed by atoms with Gasteiger partial charge in [0, 0.05) is 28.3 Å². The number of aliphatic imine (C=N–C) groups is 1. The Bertz CT molecular complexity index is 3020. The molecule has 0 fully saturated rings. The third kappa shape index (κ3) is 10.4. The standard InChI is InChI=1S/C25H26.C22H22N2.C14H12O.C2H6/c1-5-10-18-11-6-7-12-19(18)23-17(2)15-16-22-24(23)20-13-8-9-14-21(20)25(22,3)4;1-17-7-9-18(10-8-17)15-16-24-22(23)21-13-11-20(12-14-21)19-5-3-2-4-6-19;1-2-10-7-8-12-11-5-3-4-6-13(11)15-14(12)9-10;1-2/h6-9,11-16H,5,10H2,1-4H3;2-14H,15-16H2,1H3,(H2,23,24);3-9H,2H2,1H3;1-2H3. The van der Waals surface area contributed by atoms with Crippen molar-refractivity contribution >= 4 is 27.8 Å². The number of nitrogens with zero attached hydrogens (tertiary/aromatic N) is 1. The molecule has 1 heterocycles. The van der Waals surface area contributed by atoms with Gasteiger partial charge in [-0.1, -0.05) is 223 Å². The summed E-state index contributed by atoms with van der Waals surface area (Å²) >= 11 is 0. The second kappa shape index (κ2) is 21.8. The van der Waals surface area contributed by atoms with Crippen molar-refractivity contribution in [2.24, 2.45) is 10.7 Å². The zero-order chi connectivity index (χ0) is 46.6. The number of hydrogen-bond acceptors (Lipinski definition) is 2. The Kier molecular flexibility index (Phi) is 15.5. The lowest BCUT2D eigenvalue weighted by molar-refractivity contribution is 0.660. The summed E-state index contributed by atoms with van der Waals surface area (Å²) in [6.07, 6.45) is 4.26. The number of para-hydroxylation sites is 1. The van der Waals surface area contributed by atoms with Gasteiger partial charge in [-0.3, -0.25) is 4.99 Å². The molecular formula is C63H66N2O. The summed E-state index contributed by atoms with van der Waals surface area (Å²) in [5.41, 5.74) is 26.8. The van der Waals surface area contributed by atoms with E-state index in [4.69, 9.17) is 10.2 Å². The predicted molar refractivity (Wildman–Crippen MR) is 285 cm³/mol. The molecule has 66 heavy (non-hydrogen) atoms. The number of furan rings is 1. The molecule has 9 aromatic rings. The van der Waals surface area contributed by atoms with E-state index in [1.54, 1.807) is 0 Å². The number of benzene rings is 8. The third-order valence-electron chi connectivity index (χ3n) is 12.7. The van der Waals surface area contributed by atoms with Crippen LogP contribution in [0.2, 0.25) is 0 Å². The first-order valence-electron chi connectivity index (χ1n) is 23.9. The monoisotopic (exact) mass is 867 g/mol. The van der Waals surface area contributed by atoms with Gasteiger partial charge in [0.15, 0.2) is 0 Å². The van der Waals surface area contributed by atoms with Crippen LogP contribution in [0.4, 0.5) is 0 Å². The lowest BCUT2D eigenvalue weighted by atomic mass is 9.81. The fraction of sp³-hybridized carbons (Fsp3) is 0.222. The molecule has 3 heteroatoms. The van der Waals surface area contributed by atoms with Crippen LogP contribution in [0.1, 0.15) is 92.5 Å². The van der Waals surface area contributed by atoms with Gasteiger partial charge in [-0.2, -0.15) is 0 Å². The number of hydrogen-bond donors (Lipinski definition) is 1. The van der Waals surface area contributed by atoms with E-state index in [-0.39, 0.29) is 5.41 Å². The Morgan fingerprint density at radius 2 is 1.17 bits per heavy atom. The summed E-state index contributed by atoms with van der Waals surface area (Å²) in [6.45, 7) is 18.2. The molecule has 0 atom stereocenters. The summed E-state index contributed by atoms with van der Waals surface area (Å²) in [4.78, 5) is 4.51. The average molecular weight is 867 g/mol. The molecule has 0 radical (unpaired) electrons. The van der Waals surface area contributed by atoms with Crippen molar-refractivity contribution in [3.63, 3.8) is 0 Å². The van der Waals surface area contributed by atoms with E-state index in [0.29, 0.717) is 12.4 Å². The van der Waals surface area contributed by atoms with E-state index in [9.17, 15) is 0 Å². The van der Waals surface area contributed by atoms with Gasteiger partial charge < -0.3 is 10.2 Å². The van der Waals surface area contributed by atoms with Crippen LogP contribution in [-0.2, 0) is 24.7 Å². The van der Waals surface area contributed by atoms with Crippen molar-refractivity contribution in [2.75, 3.05) is 6.54 Å². The van der Waals surface area contributed by atoms with Gasteiger partial charge in [-0.05, 0) is 112 Å². The van der Waals surface area contributed by atoms with Crippen molar-refractivity contribution in [1.29, 1.82) is 0 Å². The molecule has 1 aliphatic carbocycles. The van der Waals surface area contributed by atoms with Crippen LogP contribution in [0.3, 0.4) is 0 Å². The van der Waals surface area contributed by atoms with Crippen LogP contribution in [-0.4, -0.2) is 12.4 Å². The van der Waals surface area contributed by atoms with Crippen LogP contribution in [0.25, 0.3) is 55.3 Å². The molecule has 2 N–H and O–H groups in total. The van der Waals surface area contributed by atoms with E-state index in [0.717, 1.165) is 36.0 Å². The molecule has 0 unspecified atom stereocenters. The number of nitrogens with two attached hydrogens (primary N) is 1. The Hall–Kier alpha value is -6.97. The summed E-state index contributed by atoms with van der Waals surface area (Å²) in [7, 11) is 0. The largest absolute Gasteiger partial charge is 0.456 e. The fourth-order valence-electron chi connectivity index (χ4n) is 9.10. The van der Waals surface area contributed by atoms with Gasteiger partial charge in [0.1, 0.15) is 17.0 Å². The van der Waals surface area contributed by atoms with Gasteiger partial charge >= 0.3 is 0 Å². The van der Waals surface area contributed by atoms with Gasteiger partial charge in [0.05, 0.1) is 0 Å². The minimum atomic E-state index is 0.0636. The Morgan fingerprint density at radius 1 is 0.545 bits per heavy atom. The van der Waals surface area contributed by atoms with E-state index in [2.05, 4.69) is 180 Å². The predicted octanol–water partition coefficient (Wildman–Crippen LogP) is 16.7. The molecule has 334 valence electrons. The number of rotatable bonds is 9. The van der Waals surface area contributed by atoms with Crippen molar-refractivity contribution in [2.45, 2.75) is 86.5 Å². The molecule has 10 rings (SSSR count). The third-order valence-corrected chi connectivity index (χ3v) is 12.7. The summed E-state index contributed by atoms with van der Waals surface area (Å²) in [5.74, 6) is 0.599. The number of amidine groups is 1. The highest BCUT2D eigenvalue weighted by atomic mass is 16.3. The van der Waals surface area contributed by atoms with Gasteiger partial charge in [-0.15, -0.1) is 0 Å². The quantitative estimate of drug-likeness (QED) is 0.116. The fourth-order valence-corrected chi connectivity index (χ4v) is 9.10. The van der Waals surface area contributed by atoms with Gasteiger partial charge in [0.2, 0.25) is 0 Å². The van der Waals surface area contributed by atoms with Gasteiger partial charge in [-0.25, -0.2) is 0 Å². The molecule has 8 aromatic carbocycles. The molecule has 0 aliphatic heterocycles. The summed E-state index contributed by atoms with van der Waals surface area (Å²) in [5, 5.41) is 2.41. The Morgan fingerprint density at radius 3 is 1.89 bits per heavy atom. The van der Waals surface area contributed by atoms with E-state index in [1.165, 1.54) is 89.5 Å². The van der Waals surface area contributed by atoms with Crippen LogP contribution >= 0.6 is 0 Å². The van der Waals surface area contributed by atoms with Crippen molar-refractivity contribution in [3.05, 3.63) is 226 Å². The molecule has 0 bridgehead atoms. The minimum Gasteiger partial charge on any atom is -0.456 e. The zero-order valence-electron chi connectivity index (χ0n) is 40.3. The number of aryl methyl sites for hydroxylation is 4. The van der Waals surface area contributed by atoms with Gasteiger partial charge in [0.25, 0.3) is 0 Å². The highest BCUT2D eigenvalue weighted by Crippen LogP contribution is 2.53. The summed E-state index contributed by atoms with van der Waals surface area (Å²) < 4.78 is 5.79. The molecule has 1 aliphatic rings. The van der Waals surface area contributed by atoms with E-state index < -0.39 is 0 Å². The van der Waals surface area contributed by atoms with Crippen molar-refractivity contribution in [1.82, 2.24) is 0 Å². The zero-order valence-corrected chi connectivity index (χ0v) is 40.3. The first-order chi connectivity index (χ1) is 32.2. The average Bonchev–Trinajstić information content (AvgIpc) is 3.85. The van der Waals surface area contributed by atoms with E-state index in [1.807, 2.05) is 62.4 Å². The normalized spacial score (nSPS) is 12.2. The maximum atomic E-state index is 6.12. The smallest absolute Gasteiger partial charge is 0.135 e. The molecule has 0 amide bonds. The van der Waals surface area contributed by atoms with Crippen molar-refractivity contribution in [3.8, 4) is 33.4 Å².